The molecule has 1 nitrogen and oxygen atoms in total. The lowest BCUT2D eigenvalue weighted by molar-refractivity contribution is 1.02. The van der Waals surface area contributed by atoms with E-state index in [1.165, 1.54) is 33.8 Å². The molecule has 0 unspecified atom stereocenters. The van der Waals surface area contributed by atoms with Gasteiger partial charge in [0.15, 0.2) is 0 Å². The number of aromatic nitrogens is 1. The van der Waals surface area contributed by atoms with Crippen LogP contribution in [0.2, 0.25) is 0 Å². The third-order valence-electron chi connectivity index (χ3n) is 4.63. The van der Waals surface area contributed by atoms with Crippen molar-refractivity contribution >= 4 is 12.2 Å². The first-order chi connectivity index (χ1) is 12.8. The van der Waals surface area contributed by atoms with Gasteiger partial charge in [-0.1, -0.05) is 91.0 Å². The molecule has 0 atom stereocenters. The minimum absolute atomic E-state index is 1.18. The second kappa shape index (κ2) is 7.28. The van der Waals surface area contributed by atoms with E-state index in [1.807, 2.05) is 6.07 Å². The number of rotatable bonds is 4. The summed E-state index contributed by atoms with van der Waals surface area (Å²) in [5.74, 6) is 0. The monoisotopic (exact) mass is 335 g/mol. The number of nitrogens with zero attached hydrogens (tertiary/aromatic N) is 1. The van der Waals surface area contributed by atoms with Gasteiger partial charge in [-0.05, 0) is 41.8 Å². The molecule has 1 heteroatoms. The summed E-state index contributed by atoms with van der Waals surface area (Å²) < 4.78 is 2.33. The highest BCUT2D eigenvalue weighted by Gasteiger charge is 2.13. The maximum Gasteiger partial charge on any atom is 0.0537 e. The lowest BCUT2D eigenvalue weighted by atomic mass is 10.1. The normalized spacial score (nSPS) is 11.1. The molecule has 0 aliphatic heterocycles. The van der Waals surface area contributed by atoms with Gasteiger partial charge >= 0.3 is 0 Å². The Morgan fingerprint density at radius 2 is 1.23 bits per heavy atom. The molecule has 3 aromatic carbocycles. The maximum atomic E-state index is 2.33. The van der Waals surface area contributed by atoms with Crippen molar-refractivity contribution in [2.45, 2.75) is 6.92 Å². The largest absolute Gasteiger partial charge is 0.313 e. The molecule has 0 N–H and O–H groups in total. The van der Waals surface area contributed by atoms with Crippen LogP contribution in [0, 0.1) is 6.92 Å². The summed E-state index contributed by atoms with van der Waals surface area (Å²) in [7, 11) is 0. The lowest BCUT2D eigenvalue weighted by Gasteiger charge is -2.12. The fraction of sp³-hybridized carbons (Fsp3) is 0.0400. The van der Waals surface area contributed by atoms with Crippen molar-refractivity contribution in [2.75, 3.05) is 0 Å². The number of hydrogen-bond donors (Lipinski definition) is 0. The van der Waals surface area contributed by atoms with Gasteiger partial charge in [0.25, 0.3) is 0 Å². The van der Waals surface area contributed by atoms with Crippen LogP contribution < -0.4 is 0 Å². The second-order valence-electron chi connectivity index (χ2n) is 6.35. The zero-order chi connectivity index (χ0) is 17.8. The molecule has 1 heterocycles. The van der Waals surface area contributed by atoms with Gasteiger partial charge in [-0.25, -0.2) is 0 Å². The van der Waals surface area contributed by atoms with Crippen molar-refractivity contribution in [3.8, 4) is 16.9 Å². The summed E-state index contributed by atoms with van der Waals surface area (Å²) in [5, 5.41) is 0. The van der Waals surface area contributed by atoms with Crippen molar-refractivity contribution in [1.82, 2.24) is 4.57 Å². The standard InChI is InChI=1S/C25H21N/c1-20-23(18-17-21-11-5-2-6-12-21)19-25(22-13-7-3-8-14-22)26(20)24-15-9-4-10-16-24/h2-19H,1H3/b18-17+. The molecule has 0 bridgehead atoms. The van der Waals surface area contributed by atoms with E-state index < -0.39 is 0 Å². The molecule has 26 heavy (non-hydrogen) atoms. The van der Waals surface area contributed by atoms with Crippen LogP contribution in [0.5, 0.6) is 0 Å². The highest BCUT2D eigenvalue weighted by Crippen LogP contribution is 2.30. The Hall–Kier alpha value is -3.32. The van der Waals surface area contributed by atoms with Crippen LogP contribution in [-0.4, -0.2) is 4.57 Å². The summed E-state index contributed by atoms with van der Waals surface area (Å²) in [4.78, 5) is 0. The van der Waals surface area contributed by atoms with E-state index in [2.05, 4.69) is 115 Å². The summed E-state index contributed by atoms with van der Waals surface area (Å²) in [6, 6.07) is 33.8. The van der Waals surface area contributed by atoms with E-state index >= 15 is 0 Å². The number of benzene rings is 3. The second-order valence-corrected chi connectivity index (χ2v) is 6.35. The third-order valence-corrected chi connectivity index (χ3v) is 4.63. The molecular formula is C25H21N. The first kappa shape index (κ1) is 16.2. The Labute approximate surface area is 154 Å². The first-order valence-electron chi connectivity index (χ1n) is 8.89. The van der Waals surface area contributed by atoms with Crippen LogP contribution in [0.15, 0.2) is 97.1 Å². The van der Waals surface area contributed by atoms with Crippen molar-refractivity contribution < 1.29 is 0 Å². The topological polar surface area (TPSA) is 4.93 Å². The van der Waals surface area contributed by atoms with Crippen LogP contribution >= 0.6 is 0 Å². The summed E-state index contributed by atoms with van der Waals surface area (Å²) >= 11 is 0. The smallest absolute Gasteiger partial charge is 0.0537 e. The Bertz CT molecular complexity index is 1010. The van der Waals surface area contributed by atoms with E-state index in [1.54, 1.807) is 0 Å². The highest BCUT2D eigenvalue weighted by molar-refractivity contribution is 5.76. The zero-order valence-electron chi connectivity index (χ0n) is 14.8. The summed E-state index contributed by atoms with van der Waals surface area (Å²) in [6.45, 7) is 2.18. The van der Waals surface area contributed by atoms with Gasteiger partial charge in [-0.15, -0.1) is 0 Å². The Morgan fingerprint density at radius 3 is 1.88 bits per heavy atom. The van der Waals surface area contributed by atoms with Crippen molar-refractivity contribution in [3.63, 3.8) is 0 Å². The maximum absolute atomic E-state index is 2.33. The predicted octanol–water partition coefficient (Wildman–Crippen LogP) is 6.62. The minimum Gasteiger partial charge on any atom is -0.313 e. The Balaban J connectivity index is 1.84. The quantitative estimate of drug-likeness (QED) is 0.395. The summed E-state index contributed by atoms with van der Waals surface area (Å²) in [6.07, 6.45) is 4.38. The van der Waals surface area contributed by atoms with Gasteiger partial charge in [-0.3, -0.25) is 0 Å². The molecule has 1 aromatic heterocycles. The molecule has 126 valence electrons. The zero-order valence-corrected chi connectivity index (χ0v) is 14.8. The van der Waals surface area contributed by atoms with Crippen LogP contribution in [0.1, 0.15) is 16.8 Å². The molecule has 0 amide bonds. The van der Waals surface area contributed by atoms with Gasteiger partial charge < -0.3 is 4.57 Å². The van der Waals surface area contributed by atoms with Crippen LogP contribution in [0.3, 0.4) is 0 Å². The lowest BCUT2D eigenvalue weighted by Crippen LogP contribution is -1.98. The number of hydrogen-bond acceptors (Lipinski definition) is 0. The molecule has 0 aliphatic carbocycles. The van der Waals surface area contributed by atoms with Gasteiger partial charge in [0.1, 0.15) is 0 Å². The molecular weight excluding hydrogens is 314 g/mol. The van der Waals surface area contributed by atoms with Crippen LogP contribution in [-0.2, 0) is 0 Å². The highest BCUT2D eigenvalue weighted by atomic mass is 15.0. The van der Waals surface area contributed by atoms with E-state index in [-0.39, 0.29) is 0 Å². The molecule has 0 radical (unpaired) electrons. The van der Waals surface area contributed by atoms with Crippen molar-refractivity contribution in [2.24, 2.45) is 0 Å². The predicted molar refractivity (Wildman–Crippen MR) is 111 cm³/mol. The average Bonchev–Trinajstić information content (AvgIpc) is 3.05. The molecule has 0 aliphatic rings. The molecule has 0 saturated heterocycles. The molecule has 4 rings (SSSR count). The van der Waals surface area contributed by atoms with Crippen molar-refractivity contribution in [1.29, 1.82) is 0 Å². The molecule has 0 fully saturated rings. The SMILES string of the molecule is Cc1c(/C=C/c2ccccc2)cc(-c2ccccc2)n1-c1ccccc1. The third kappa shape index (κ3) is 3.25. The van der Waals surface area contributed by atoms with Crippen LogP contribution in [0.4, 0.5) is 0 Å². The van der Waals surface area contributed by atoms with Gasteiger partial charge in [0.2, 0.25) is 0 Å². The fourth-order valence-electron chi connectivity index (χ4n) is 3.28. The Kier molecular flexibility index (Phi) is 4.53. The summed E-state index contributed by atoms with van der Waals surface area (Å²) in [5.41, 5.74) is 7.29. The number of para-hydroxylation sites is 1. The van der Waals surface area contributed by atoms with E-state index in [0.717, 1.165) is 0 Å². The minimum atomic E-state index is 1.18. The van der Waals surface area contributed by atoms with Crippen LogP contribution in [0.25, 0.3) is 29.1 Å². The molecule has 4 aromatic rings. The first-order valence-corrected chi connectivity index (χ1v) is 8.89. The fourth-order valence-corrected chi connectivity index (χ4v) is 3.28. The molecule has 0 saturated carbocycles. The van der Waals surface area contributed by atoms with Gasteiger partial charge in [0, 0.05) is 11.4 Å². The Morgan fingerprint density at radius 1 is 0.654 bits per heavy atom. The van der Waals surface area contributed by atoms with Crippen molar-refractivity contribution in [3.05, 3.63) is 114 Å². The van der Waals surface area contributed by atoms with E-state index in [9.17, 15) is 0 Å². The van der Waals surface area contributed by atoms with E-state index in [4.69, 9.17) is 0 Å². The van der Waals surface area contributed by atoms with Gasteiger partial charge in [-0.2, -0.15) is 0 Å². The average molecular weight is 335 g/mol. The van der Waals surface area contributed by atoms with Gasteiger partial charge in [0.05, 0.1) is 5.69 Å². The van der Waals surface area contributed by atoms with E-state index in [0.29, 0.717) is 0 Å². The molecule has 0 spiro atoms.